The van der Waals surface area contributed by atoms with Gasteiger partial charge in [0.2, 0.25) is 11.8 Å². The molecule has 0 aromatic heterocycles. The van der Waals surface area contributed by atoms with Crippen molar-refractivity contribution in [2.24, 2.45) is 0 Å². The van der Waals surface area contributed by atoms with Crippen molar-refractivity contribution >= 4 is 23.4 Å². The molecule has 6 nitrogen and oxygen atoms in total. The zero-order valence-electron chi connectivity index (χ0n) is 22.2. The van der Waals surface area contributed by atoms with Crippen LogP contribution in [0.4, 0.5) is 0 Å². The first kappa shape index (κ1) is 27.5. The van der Waals surface area contributed by atoms with Crippen molar-refractivity contribution in [2.75, 3.05) is 13.2 Å². The summed E-state index contributed by atoms with van der Waals surface area (Å²) < 4.78 is 11.3. The number of amides is 2. The second-order valence-electron chi connectivity index (χ2n) is 10.6. The van der Waals surface area contributed by atoms with Crippen molar-refractivity contribution in [3.63, 3.8) is 0 Å². The molecule has 2 amide bonds. The van der Waals surface area contributed by atoms with Crippen LogP contribution in [0, 0.1) is 0 Å². The predicted molar refractivity (Wildman–Crippen MR) is 150 cm³/mol. The van der Waals surface area contributed by atoms with E-state index in [1.165, 1.54) is 0 Å². The van der Waals surface area contributed by atoms with Gasteiger partial charge in [0.05, 0.1) is 0 Å². The Morgan fingerprint density at radius 2 is 1.55 bits per heavy atom. The molecule has 3 aromatic rings. The summed E-state index contributed by atoms with van der Waals surface area (Å²) in [5, 5.41) is 3.72. The Morgan fingerprint density at radius 3 is 2.24 bits per heavy atom. The van der Waals surface area contributed by atoms with Gasteiger partial charge >= 0.3 is 0 Å². The zero-order valence-corrected chi connectivity index (χ0v) is 23.0. The average molecular weight is 535 g/mol. The molecule has 1 atom stereocenters. The van der Waals surface area contributed by atoms with Crippen molar-refractivity contribution < 1.29 is 19.1 Å². The van der Waals surface area contributed by atoms with Crippen molar-refractivity contribution in [3.8, 4) is 11.5 Å². The van der Waals surface area contributed by atoms with Crippen LogP contribution in [0.15, 0.2) is 72.8 Å². The summed E-state index contributed by atoms with van der Waals surface area (Å²) >= 11 is 6.11. The molecule has 200 valence electrons. The molecule has 7 heteroatoms. The van der Waals surface area contributed by atoms with Crippen molar-refractivity contribution in [3.05, 3.63) is 94.5 Å². The number of fused-ring (bicyclic) bond motifs is 1. The summed E-state index contributed by atoms with van der Waals surface area (Å²) in [7, 11) is 0. The summed E-state index contributed by atoms with van der Waals surface area (Å²) in [5.74, 6) is 1.14. The van der Waals surface area contributed by atoms with Crippen LogP contribution in [0.2, 0.25) is 5.02 Å². The minimum absolute atomic E-state index is 0.0974. The van der Waals surface area contributed by atoms with Crippen LogP contribution < -0.4 is 14.8 Å². The van der Waals surface area contributed by atoms with E-state index in [4.69, 9.17) is 21.1 Å². The Balaban J connectivity index is 1.60. The fourth-order valence-electron chi connectivity index (χ4n) is 4.43. The van der Waals surface area contributed by atoms with Crippen LogP contribution in [0.1, 0.15) is 43.9 Å². The molecule has 1 aliphatic rings. The summed E-state index contributed by atoms with van der Waals surface area (Å²) in [4.78, 5) is 29.2. The maximum atomic E-state index is 13.8. The lowest BCUT2D eigenvalue weighted by Gasteiger charge is -2.34. The highest BCUT2D eigenvalue weighted by atomic mass is 35.5. The number of carbonyl (C=O) groups excluding carboxylic acids is 2. The number of hydrogen-bond donors (Lipinski definition) is 1. The topological polar surface area (TPSA) is 67.9 Å². The largest absolute Gasteiger partial charge is 0.486 e. The Hall–Kier alpha value is -3.51. The summed E-state index contributed by atoms with van der Waals surface area (Å²) in [6, 6.07) is 22.3. The standard InChI is InChI=1S/C31H35ClN2O4/c1-31(2,3)33-30(36)26(19-22-7-5-4-6-8-22)34(21-24-9-13-25(32)14-10-24)29(35)16-12-23-11-15-27-28(20-23)38-18-17-37-27/h4-11,13-15,20,26H,12,16-19,21H2,1-3H3,(H,33,36). The van der Waals surface area contributed by atoms with Crippen molar-refractivity contribution in [1.82, 2.24) is 10.2 Å². The van der Waals surface area contributed by atoms with E-state index in [0.29, 0.717) is 43.4 Å². The molecule has 0 aliphatic carbocycles. The molecule has 0 spiro atoms. The van der Waals surface area contributed by atoms with Gasteiger partial charge in [0.1, 0.15) is 19.3 Å². The van der Waals surface area contributed by atoms with Crippen LogP contribution >= 0.6 is 11.6 Å². The summed E-state index contributed by atoms with van der Waals surface area (Å²) in [6.07, 6.45) is 1.18. The predicted octanol–water partition coefficient (Wildman–Crippen LogP) is 5.60. The highest BCUT2D eigenvalue weighted by Crippen LogP contribution is 2.31. The maximum absolute atomic E-state index is 13.8. The second kappa shape index (κ2) is 12.4. The van der Waals surface area contributed by atoms with Crippen LogP contribution in [0.25, 0.3) is 0 Å². The number of benzene rings is 3. The fraction of sp³-hybridized carbons (Fsp3) is 0.355. The van der Waals surface area contributed by atoms with Crippen LogP contribution in [-0.4, -0.2) is 41.5 Å². The number of carbonyl (C=O) groups is 2. The molecular weight excluding hydrogens is 500 g/mol. The maximum Gasteiger partial charge on any atom is 0.243 e. The number of rotatable bonds is 9. The van der Waals surface area contributed by atoms with E-state index in [2.05, 4.69) is 5.32 Å². The van der Waals surface area contributed by atoms with E-state index >= 15 is 0 Å². The number of ether oxygens (including phenoxy) is 2. The van der Waals surface area contributed by atoms with Gasteiger partial charge in [-0.2, -0.15) is 0 Å². The SMILES string of the molecule is CC(C)(C)NC(=O)C(Cc1ccccc1)N(Cc1ccc(Cl)cc1)C(=O)CCc1ccc2c(c1)OCCO2. The summed E-state index contributed by atoms with van der Waals surface area (Å²) in [6.45, 7) is 7.16. The van der Waals surface area contributed by atoms with E-state index in [0.717, 1.165) is 22.4 Å². The zero-order chi connectivity index (χ0) is 27.1. The molecule has 1 unspecified atom stereocenters. The molecule has 1 aliphatic heterocycles. The molecule has 0 saturated carbocycles. The van der Waals surface area contributed by atoms with Gasteiger partial charge in [0.15, 0.2) is 11.5 Å². The van der Waals surface area contributed by atoms with Gasteiger partial charge in [0, 0.05) is 29.9 Å². The fourth-order valence-corrected chi connectivity index (χ4v) is 4.56. The molecule has 0 radical (unpaired) electrons. The average Bonchev–Trinajstić information content (AvgIpc) is 2.90. The van der Waals surface area contributed by atoms with E-state index in [1.54, 1.807) is 17.0 Å². The Labute approximate surface area is 229 Å². The highest BCUT2D eigenvalue weighted by molar-refractivity contribution is 6.30. The normalized spacial score (nSPS) is 13.5. The third kappa shape index (κ3) is 7.75. The highest BCUT2D eigenvalue weighted by Gasteiger charge is 2.32. The molecule has 0 bridgehead atoms. The van der Waals surface area contributed by atoms with Crippen LogP contribution in [0.5, 0.6) is 11.5 Å². The molecule has 0 fully saturated rings. The molecule has 38 heavy (non-hydrogen) atoms. The lowest BCUT2D eigenvalue weighted by Crippen LogP contribution is -2.54. The van der Waals surface area contributed by atoms with Crippen molar-refractivity contribution in [2.45, 2.75) is 58.2 Å². The smallest absolute Gasteiger partial charge is 0.243 e. The van der Waals surface area contributed by atoms with Crippen molar-refractivity contribution in [1.29, 1.82) is 0 Å². The quantitative estimate of drug-likeness (QED) is 0.388. The molecule has 3 aromatic carbocycles. The van der Waals surface area contributed by atoms with E-state index in [-0.39, 0.29) is 18.2 Å². The third-order valence-electron chi connectivity index (χ3n) is 6.27. The van der Waals surface area contributed by atoms with E-state index in [1.807, 2.05) is 81.4 Å². The van der Waals surface area contributed by atoms with Gasteiger partial charge in [0.25, 0.3) is 0 Å². The number of hydrogen-bond acceptors (Lipinski definition) is 4. The monoisotopic (exact) mass is 534 g/mol. The van der Waals surface area contributed by atoms with Gasteiger partial charge in [-0.05, 0) is 68.1 Å². The van der Waals surface area contributed by atoms with Crippen LogP contribution in [-0.2, 0) is 29.0 Å². The van der Waals surface area contributed by atoms with Gasteiger partial charge in [-0.1, -0.05) is 60.1 Å². The first-order valence-electron chi connectivity index (χ1n) is 13.0. The molecule has 4 rings (SSSR count). The molecule has 1 N–H and O–H groups in total. The summed E-state index contributed by atoms with van der Waals surface area (Å²) in [5.41, 5.74) is 2.44. The first-order valence-corrected chi connectivity index (χ1v) is 13.3. The Kier molecular flexibility index (Phi) is 8.95. The number of nitrogens with zero attached hydrogens (tertiary/aromatic N) is 1. The van der Waals surface area contributed by atoms with E-state index in [9.17, 15) is 9.59 Å². The Morgan fingerprint density at radius 1 is 0.895 bits per heavy atom. The lowest BCUT2D eigenvalue weighted by molar-refractivity contribution is -0.141. The van der Waals surface area contributed by atoms with Gasteiger partial charge in [-0.25, -0.2) is 0 Å². The third-order valence-corrected chi connectivity index (χ3v) is 6.52. The molecule has 1 heterocycles. The van der Waals surface area contributed by atoms with E-state index < -0.39 is 11.6 Å². The minimum atomic E-state index is -0.680. The van der Waals surface area contributed by atoms with Gasteiger partial charge in [-0.15, -0.1) is 0 Å². The number of nitrogens with one attached hydrogen (secondary N) is 1. The molecular formula is C31H35ClN2O4. The number of halogens is 1. The second-order valence-corrected chi connectivity index (χ2v) is 11.0. The number of aryl methyl sites for hydroxylation is 1. The van der Waals surface area contributed by atoms with Gasteiger partial charge in [-0.3, -0.25) is 9.59 Å². The van der Waals surface area contributed by atoms with Crippen LogP contribution in [0.3, 0.4) is 0 Å². The van der Waals surface area contributed by atoms with Gasteiger partial charge < -0.3 is 19.7 Å². The molecule has 0 saturated heterocycles. The Bertz CT molecular complexity index is 1240. The first-order chi connectivity index (χ1) is 18.2. The minimum Gasteiger partial charge on any atom is -0.486 e. The lowest BCUT2D eigenvalue weighted by atomic mass is 9.99.